The molecule has 0 radical (unpaired) electrons. The third-order valence-electron chi connectivity index (χ3n) is 6.29. The number of fused-ring (bicyclic) bond motifs is 3. The third-order valence-corrected chi connectivity index (χ3v) is 15.0. The summed E-state index contributed by atoms with van der Waals surface area (Å²) in [7, 11) is -1.58. The first-order chi connectivity index (χ1) is 12.9. The zero-order valence-corrected chi connectivity index (χ0v) is 20.9. The lowest BCUT2D eigenvalue weighted by Gasteiger charge is -2.29. The molecule has 0 amide bonds. The Morgan fingerprint density at radius 2 is 1.11 bits per heavy atom. The Kier molecular flexibility index (Phi) is 7.08. The number of rotatable bonds is 10. The van der Waals surface area contributed by atoms with Crippen molar-refractivity contribution in [3.05, 3.63) is 21.9 Å². The predicted octanol–water partition coefficient (Wildman–Crippen LogP) is 7.98. The highest BCUT2D eigenvalue weighted by Crippen LogP contribution is 2.45. The van der Waals surface area contributed by atoms with Crippen molar-refractivity contribution in [3.8, 4) is 9.75 Å². The van der Waals surface area contributed by atoms with Gasteiger partial charge in [0.05, 0.1) is 0 Å². The molecular weight excluding hydrogens is 380 g/mol. The lowest BCUT2D eigenvalue weighted by molar-refractivity contribution is 0.744. The van der Waals surface area contributed by atoms with Gasteiger partial charge < -0.3 is 0 Å². The van der Waals surface area contributed by atoms with Crippen LogP contribution in [-0.4, -0.2) is 8.07 Å². The number of hydrogen-bond donors (Lipinski definition) is 0. The minimum Gasteiger partial charge on any atom is -0.139 e. The van der Waals surface area contributed by atoms with Crippen LogP contribution < -0.4 is 10.4 Å². The fourth-order valence-corrected chi connectivity index (χ4v) is 14.1. The van der Waals surface area contributed by atoms with Gasteiger partial charge in [0.2, 0.25) is 0 Å². The van der Waals surface area contributed by atoms with Crippen LogP contribution in [0.3, 0.4) is 0 Å². The van der Waals surface area contributed by atoms with Crippen LogP contribution >= 0.6 is 22.7 Å². The van der Waals surface area contributed by atoms with E-state index >= 15 is 0 Å². The van der Waals surface area contributed by atoms with Crippen LogP contribution in [0.4, 0.5) is 0 Å². The summed E-state index contributed by atoms with van der Waals surface area (Å²) in [6.45, 7) is 14.2. The fourth-order valence-electron chi connectivity index (χ4n) is 4.60. The molecule has 1 aliphatic heterocycles. The fraction of sp³-hybridized carbons (Fsp3) is 0.667. The maximum Gasteiger partial charge on any atom is 0.122 e. The second-order valence-electron chi connectivity index (χ2n) is 9.09. The van der Waals surface area contributed by atoms with Gasteiger partial charge in [0.25, 0.3) is 0 Å². The minimum absolute atomic E-state index is 0.659. The highest BCUT2D eigenvalue weighted by molar-refractivity contribution is 7.29. The van der Waals surface area contributed by atoms with Crippen molar-refractivity contribution >= 4 is 41.1 Å². The molecule has 3 rings (SSSR count). The normalized spacial score (nSPS) is 15.0. The van der Waals surface area contributed by atoms with Gasteiger partial charge in [-0.2, -0.15) is 0 Å². The van der Waals surface area contributed by atoms with E-state index in [1.807, 2.05) is 10.4 Å². The van der Waals surface area contributed by atoms with E-state index in [9.17, 15) is 0 Å². The average molecular weight is 419 g/mol. The summed E-state index contributed by atoms with van der Waals surface area (Å²) in [6.07, 6.45) is 8.31. The molecule has 27 heavy (non-hydrogen) atoms. The van der Waals surface area contributed by atoms with Crippen LogP contribution in [0.5, 0.6) is 0 Å². The van der Waals surface area contributed by atoms with E-state index < -0.39 is 8.07 Å². The molecule has 0 unspecified atom stereocenters. The standard InChI is InChI=1S/C24H38S2Si/c1-7-9-11-13-27(14-12-10-8-2)21-15-19(17(3)4)25-23(21)24-22(27)16-20(26-24)18(5)6/h15-18H,7-14H2,1-6H3. The van der Waals surface area contributed by atoms with Crippen LogP contribution in [0.2, 0.25) is 12.1 Å². The van der Waals surface area contributed by atoms with Crippen molar-refractivity contribution in [2.45, 2.75) is 104 Å². The summed E-state index contributed by atoms with van der Waals surface area (Å²) in [5.41, 5.74) is 0. The molecule has 3 heterocycles. The molecule has 1 aliphatic rings. The van der Waals surface area contributed by atoms with E-state index in [0.717, 1.165) is 0 Å². The van der Waals surface area contributed by atoms with Crippen LogP contribution in [0.25, 0.3) is 9.75 Å². The van der Waals surface area contributed by atoms with Crippen LogP contribution in [0, 0.1) is 0 Å². The van der Waals surface area contributed by atoms with Crippen LogP contribution in [0.1, 0.15) is 102 Å². The number of hydrogen-bond acceptors (Lipinski definition) is 2. The van der Waals surface area contributed by atoms with E-state index in [-0.39, 0.29) is 0 Å². The summed E-state index contributed by atoms with van der Waals surface area (Å²) in [6, 6.07) is 8.28. The first-order valence-electron chi connectivity index (χ1n) is 11.2. The van der Waals surface area contributed by atoms with Crippen molar-refractivity contribution < 1.29 is 0 Å². The SMILES string of the molecule is CCCCC[Si]1(CCCCC)c2cc(C(C)C)sc2-c2sc(C(C)C)cc21. The van der Waals surface area contributed by atoms with Gasteiger partial charge in [-0.3, -0.25) is 0 Å². The van der Waals surface area contributed by atoms with E-state index in [0.29, 0.717) is 11.8 Å². The molecule has 150 valence electrons. The van der Waals surface area contributed by atoms with Gasteiger partial charge in [-0.1, -0.05) is 80.1 Å². The molecular formula is C24H38S2Si. The molecule has 2 aromatic heterocycles. The molecule has 0 spiro atoms. The van der Waals surface area contributed by atoms with Gasteiger partial charge in [-0.25, -0.2) is 0 Å². The highest BCUT2D eigenvalue weighted by atomic mass is 32.1. The monoisotopic (exact) mass is 418 g/mol. The van der Waals surface area contributed by atoms with E-state index in [4.69, 9.17) is 0 Å². The maximum atomic E-state index is 2.66. The van der Waals surface area contributed by atoms with Gasteiger partial charge in [0.1, 0.15) is 8.07 Å². The second-order valence-corrected chi connectivity index (χ2v) is 15.5. The summed E-state index contributed by atoms with van der Waals surface area (Å²) < 4.78 is 0. The van der Waals surface area contributed by atoms with Gasteiger partial charge >= 0.3 is 0 Å². The molecule has 0 aromatic carbocycles. The average Bonchev–Trinajstić information content (AvgIpc) is 3.29. The molecule has 0 saturated carbocycles. The van der Waals surface area contributed by atoms with Gasteiger partial charge in [-0.05, 0) is 46.4 Å². The van der Waals surface area contributed by atoms with Crippen molar-refractivity contribution in [1.29, 1.82) is 0 Å². The lowest BCUT2D eigenvalue weighted by Crippen LogP contribution is -2.54. The third kappa shape index (κ3) is 4.02. The van der Waals surface area contributed by atoms with E-state index in [1.54, 1.807) is 19.5 Å². The Balaban J connectivity index is 2.11. The van der Waals surface area contributed by atoms with Gasteiger partial charge in [-0.15, -0.1) is 22.7 Å². The quantitative estimate of drug-likeness (QED) is 0.271. The molecule has 0 bridgehead atoms. The summed E-state index contributed by atoms with van der Waals surface area (Å²) in [5, 5.41) is 3.67. The van der Waals surface area contributed by atoms with Crippen LogP contribution in [0.15, 0.2) is 12.1 Å². The van der Waals surface area contributed by atoms with E-state index in [1.165, 1.54) is 50.6 Å². The first-order valence-corrected chi connectivity index (χ1v) is 15.3. The Morgan fingerprint density at radius 1 is 0.704 bits per heavy atom. The summed E-state index contributed by atoms with van der Waals surface area (Å²) in [4.78, 5) is 6.61. The topological polar surface area (TPSA) is 0 Å². The Bertz CT molecular complexity index is 686. The highest BCUT2D eigenvalue weighted by Gasteiger charge is 2.47. The molecule has 2 aromatic rings. The molecule has 0 N–H and O–H groups in total. The lowest BCUT2D eigenvalue weighted by atomic mass is 10.2. The minimum atomic E-state index is -1.58. The zero-order valence-electron chi connectivity index (χ0n) is 18.3. The van der Waals surface area contributed by atoms with Gasteiger partial charge in [0.15, 0.2) is 0 Å². The van der Waals surface area contributed by atoms with Gasteiger partial charge in [0, 0.05) is 19.5 Å². The van der Waals surface area contributed by atoms with E-state index in [2.05, 4.69) is 76.3 Å². The van der Waals surface area contributed by atoms with Crippen molar-refractivity contribution in [3.63, 3.8) is 0 Å². The molecule has 0 atom stereocenters. The second kappa shape index (κ2) is 8.96. The molecule has 0 saturated heterocycles. The smallest absolute Gasteiger partial charge is 0.122 e. The maximum absolute atomic E-state index is 2.66. The van der Waals surface area contributed by atoms with Crippen molar-refractivity contribution in [1.82, 2.24) is 0 Å². The molecule has 0 aliphatic carbocycles. The molecule has 3 heteroatoms. The largest absolute Gasteiger partial charge is 0.139 e. The Morgan fingerprint density at radius 3 is 1.44 bits per heavy atom. The summed E-state index contributed by atoms with van der Waals surface area (Å²) >= 11 is 4.25. The predicted molar refractivity (Wildman–Crippen MR) is 129 cm³/mol. The molecule has 0 fully saturated rings. The number of thiophene rings is 2. The Labute approximate surface area is 176 Å². The van der Waals surface area contributed by atoms with Crippen molar-refractivity contribution in [2.75, 3.05) is 0 Å². The number of unbranched alkanes of at least 4 members (excludes halogenated alkanes) is 4. The van der Waals surface area contributed by atoms with Crippen molar-refractivity contribution in [2.24, 2.45) is 0 Å². The molecule has 0 nitrogen and oxygen atoms in total. The first kappa shape index (κ1) is 21.3. The Hall–Kier alpha value is -0.383. The zero-order chi connectivity index (χ0) is 19.6. The summed E-state index contributed by atoms with van der Waals surface area (Å²) in [5.74, 6) is 1.32. The van der Waals surface area contributed by atoms with Crippen LogP contribution in [-0.2, 0) is 0 Å².